The maximum absolute atomic E-state index is 10.4. The van der Waals surface area contributed by atoms with Crippen LogP contribution in [0.15, 0.2) is 60.8 Å². The number of rotatable bonds is 15. The first-order valence-corrected chi connectivity index (χ1v) is 9.45. The van der Waals surface area contributed by atoms with Crippen molar-refractivity contribution in [3.63, 3.8) is 0 Å². The lowest BCUT2D eigenvalue weighted by molar-refractivity contribution is -0.137. The lowest BCUT2D eigenvalue weighted by Crippen LogP contribution is -1.98. The van der Waals surface area contributed by atoms with Gasteiger partial charge in [-0.1, -0.05) is 74.1 Å². The molecule has 0 aromatic rings. The van der Waals surface area contributed by atoms with Crippen LogP contribution in [-0.4, -0.2) is 33.5 Å². The van der Waals surface area contributed by atoms with Gasteiger partial charge < -0.3 is 15.3 Å². The average Bonchev–Trinajstić information content (AvgIpc) is 2.61. The molecule has 0 saturated carbocycles. The molecule has 0 aliphatic carbocycles. The van der Waals surface area contributed by atoms with Crippen molar-refractivity contribution >= 4 is 5.97 Å². The van der Waals surface area contributed by atoms with E-state index in [0.717, 1.165) is 32.1 Å². The Morgan fingerprint density at radius 1 is 0.846 bits per heavy atom. The Labute approximate surface area is 157 Å². The second-order valence-corrected chi connectivity index (χ2v) is 6.10. The molecule has 0 radical (unpaired) electrons. The average molecular weight is 363 g/mol. The minimum Gasteiger partial charge on any atom is -0.481 e. The molecule has 0 fully saturated rings. The van der Waals surface area contributed by atoms with Crippen LogP contribution in [0.25, 0.3) is 0 Å². The van der Waals surface area contributed by atoms with Gasteiger partial charge in [0, 0.05) is 6.42 Å². The molecule has 2 atom stereocenters. The van der Waals surface area contributed by atoms with Crippen LogP contribution in [0.1, 0.15) is 58.3 Å². The van der Waals surface area contributed by atoms with Crippen molar-refractivity contribution < 1.29 is 20.1 Å². The third kappa shape index (κ3) is 18.4. The molecule has 0 amide bonds. The fourth-order valence-electron chi connectivity index (χ4n) is 2.07. The zero-order valence-electron chi connectivity index (χ0n) is 15.8. The molecule has 4 heteroatoms. The number of hydrogen-bond donors (Lipinski definition) is 3. The van der Waals surface area contributed by atoms with E-state index in [-0.39, 0.29) is 6.42 Å². The second-order valence-electron chi connectivity index (χ2n) is 6.10. The number of allylic oxidation sites excluding steroid dienone is 7. The summed E-state index contributed by atoms with van der Waals surface area (Å²) in [6.45, 7) is 1.92. The van der Waals surface area contributed by atoms with E-state index in [9.17, 15) is 15.0 Å². The number of aliphatic hydroxyl groups excluding tert-OH is 2. The minimum absolute atomic E-state index is 0.262. The summed E-state index contributed by atoms with van der Waals surface area (Å²) in [4.78, 5) is 10.4. The van der Waals surface area contributed by atoms with Gasteiger partial charge in [0.1, 0.15) is 0 Å². The predicted octanol–water partition coefficient (Wildman–Crippen LogP) is 4.71. The van der Waals surface area contributed by atoms with E-state index >= 15 is 0 Å². The van der Waals surface area contributed by atoms with Crippen LogP contribution >= 0.6 is 0 Å². The normalized spacial score (nSPS) is 15.2. The molecule has 0 spiro atoms. The highest BCUT2D eigenvalue weighted by Crippen LogP contribution is 2.04. The third-order valence-corrected chi connectivity index (χ3v) is 3.66. The van der Waals surface area contributed by atoms with E-state index in [4.69, 9.17) is 5.11 Å². The molecule has 0 heterocycles. The predicted molar refractivity (Wildman–Crippen MR) is 108 cm³/mol. The maximum Gasteiger partial charge on any atom is 0.303 e. The maximum atomic E-state index is 10.4. The molecule has 0 aromatic heterocycles. The van der Waals surface area contributed by atoms with Gasteiger partial charge in [0.2, 0.25) is 0 Å². The highest BCUT2D eigenvalue weighted by atomic mass is 16.4. The highest BCUT2D eigenvalue weighted by Gasteiger charge is 1.95. The van der Waals surface area contributed by atoms with Gasteiger partial charge in [-0.15, -0.1) is 0 Å². The quantitative estimate of drug-likeness (QED) is 0.224. The van der Waals surface area contributed by atoms with Crippen molar-refractivity contribution in [2.24, 2.45) is 0 Å². The minimum atomic E-state index is -0.720. The summed E-state index contributed by atoms with van der Waals surface area (Å²) >= 11 is 0. The molecular weight excluding hydrogens is 328 g/mol. The van der Waals surface area contributed by atoms with Gasteiger partial charge in [-0.2, -0.15) is 0 Å². The zero-order valence-corrected chi connectivity index (χ0v) is 15.8. The largest absolute Gasteiger partial charge is 0.481 e. The number of unbranched alkanes of at least 4 members (excludes halogenated alkanes) is 3. The summed E-state index contributed by atoms with van der Waals surface area (Å²) in [7, 11) is 0. The lowest BCUT2D eigenvalue weighted by atomic mass is 10.1. The van der Waals surface area contributed by atoms with Crippen molar-refractivity contribution in [2.75, 3.05) is 0 Å². The molecule has 26 heavy (non-hydrogen) atoms. The smallest absolute Gasteiger partial charge is 0.303 e. The Balaban J connectivity index is 3.69. The molecule has 4 nitrogen and oxygen atoms in total. The van der Waals surface area contributed by atoms with Gasteiger partial charge in [0.25, 0.3) is 0 Å². The van der Waals surface area contributed by atoms with Crippen molar-refractivity contribution in [3.8, 4) is 0 Å². The molecule has 0 aliphatic heterocycles. The van der Waals surface area contributed by atoms with Gasteiger partial charge in [-0.25, -0.2) is 0 Å². The molecule has 0 rings (SSSR count). The van der Waals surface area contributed by atoms with Crippen molar-refractivity contribution in [2.45, 2.75) is 70.5 Å². The van der Waals surface area contributed by atoms with E-state index in [2.05, 4.69) is 12.2 Å². The Bertz CT molecular complexity index is 486. The molecule has 146 valence electrons. The van der Waals surface area contributed by atoms with Crippen molar-refractivity contribution in [3.05, 3.63) is 60.8 Å². The van der Waals surface area contributed by atoms with Gasteiger partial charge in [0.05, 0.1) is 12.2 Å². The first-order chi connectivity index (χ1) is 12.6. The molecule has 0 aromatic carbocycles. The number of carboxylic acids is 1. The van der Waals surface area contributed by atoms with Crippen LogP contribution in [0.4, 0.5) is 0 Å². The molecule has 0 bridgehead atoms. The first-order valence-electron chi connectivity index (χ1n) is 9.45. The molecule has 3 N–H and O–H groups in total. The lowest BCUT2D eigenvalue weighted by Gasteiger charge is -1.99. The topological polar surface area (TPSA) is 77.8 Å². The summed E-state index contributed by atoms with van der Waals surface area (Å²) in [6, 6.07) is 0. The van der Waals surface area contributed by atoms with Gasteiger partial charge in [-0.05, 0) is 38.5 Å². The van der Waals surface area contributed by atoms with E-state index < -0.39 is 18.2 Å². The van der Waals surface area contributed by atoms with E-state index in [0.29, 0.717) is 12.8 Å². The van der Waals surface area contributed by atoms with Gasteiger partial charge in [-0.3, -0.25) is 4.79 Å². The Morgan fingerprint density at radius 3 is 2.15 bits per heavy atom. The SMILES string of the molecule is CCC(O)/C=C/C=C/C=C/C(O)C/C=C/C/C=C/CCCCCC(=O)O. The van der Waals surface area contributed by atoms with E-state index in [1.165, 1.54) is 0 Å². The molecular formula is C22H34O4. The number of aliphatic hydroxyl groups is 2. The number of carbonyl (C=O) groups is 1. The summed E-state index contributed by atoms with van der Waals surface area (Å²) in [5, 5.41) is 27.7. The Kier molecular flexibility index (Phi) is 16.6. The summed E-state index contributed by atoms with van der Waals surface area (Å²) < 4.78 is 0. The van der Waals surface area contributed by atoms with Crippen molar-refractivity contribution in [1.82, 2.24) is 0 Å². The molecule has 0 saturated heterocycles. The Morgan fingerprint density at radius 2 is 1.50 bits per heavy atom. The van der Waals surface area contributed by atoms with Crippen LogP contribution in [0.3, 0.4) is 0 Å². The van der Waals surface area contributed by atoms with Gasteiger partial charge >= 0.3 is 5.97 Å². The number of aliphatic carboxylic acids is 1. The molecule has 0 aliphatic rings. The summed E-state index contributed by atoms with van der Waals surface area (Å²) in [5.41, 5.74) is 0. The number of carboxylic acid groups (broad SMARTS) is 1. The third-order valence-electron chi connectivity index (χ3n) is 3.66. The van der Waals surface area contributed by atoms with Crippen LogP contribution in [-0.2, 0) is 4.79 Å². The summed E-state index contributed by atoms with van der Waals surface area (Å²) in [6.07, 6.45) is 24.1. The van der Waals surface area contributed by atoms with Crippen LogP contribution in [0, 0.1) is 0 Å². The van der Waals surface area contributed by atoms with Crippen LogP contribution in [0.5, 0.6) is 0 Å². The zero-order chi connectivity index (χ0) is 19.5. The highest BCUT2D eigenvalue weighted by molar-refractivity contribution is 5.66. The fraction of sp³-hybridized carbons (Fsp3) is 0.500. The second kappa shape index (κ2) is 17.9. The first kappa shape index (κ1) is 24.1. The van der Waals surface area contributed by atoms with E-state index in [1.807, 2.05) is 31.2 Å². The van der Waals surface area contributed by atoms with Crippen LogP contribution < -0.4 is 0 Å². The Hall–Kier alpha value is -1.91. The van der Waals surface area contributed by atoms with Crippen molar-refractivity contribution in [1.29, 1.82) is 0 Å². The van der Waals surface area contributed by atoms with Crippen LogP contribution in [0.2, 0.25) is 0 Å². The monoisotopic (exact) mass is 362 g/mol. The van der Waals surface area contributed by atoms with Gasteiger partial charge in [0.15, 0.2) is 0 Å². The van der Waals surface area contributed by atoms with E-state index in [1.54, 1.807) is 24.3 Å². The standard InChI is InChI=1S/C22H34O4/c1-2-20(23)16-12-10-11-14-18-21(24)17-13-8-6-4-3-5-7-9-15-19-22(25)26/h3-4,8,10-14,16,18,20-21,23-24H,2,5-7,9,15,17,19H2,1H3,(H,25,26)/b4-3+,11-10+,13-8+,16-12+,18-14+. The summed E-state index contributed by atoms with van der Waals surface area (Å²) in [5.74, 6) is -0.720. The molecule has 2 unspecified atom stereocenters. The fourth-order valence-corrected chi connectivity index (χ4v) is 2.07. The number of hydrogen-bond acceptors (Lipinski definition) is 3.